The van der Waals surface area contributed by atoms with Gasteiger partial charge in [-0.1, -0.05) is 0 Å². The normalized spacial score (nSPS) is 23.5. The zero-order chi connectivity index (χ0) is 21.5. The van der Waals surface area contributed by atoms with Gasteiger partial charge in [-0.2, -0.15) is 0 Å². The van der Waals surface area contributed by atoms with Gasteiger partial charge in [0.2, 0.25) is 17.8 Å². The molecule has 1 aromatic rings. The molecule has 0 spiro atoms. The summed E-state index contributed by atoms with van der Waals surface area (Å²) >= 11 is 0. The van der Waals surface area contributed by atoms with Crippen LogP contribution in [-0.4, -0.2) is 86.0 Å². The number of hydrogen-bond donors (Lipinski definition) is 0. The number of anilines is 1. The molecular weight excluding hydrogens is 406 g/mol. The zero-order valence-corrected chi connectivity index (χ0v) is 18.4. The van der Waals surface area contributed by atoms with Crippen LogP contribution in [0.25, 0.3) is 0 Å². The van der Waals surface area contributed by atoms with Gasteiger partial charge in [0.05, 0.1) is 17.8 Å². The molecule has 3 aliphatic rings. The summed E-state index contributed by atoms with van der Waals surface area (Å²) in [5, 5.41) is 0. The fourth-order valence-electron chi connectivity index (χ4n) is 4.68. The molecule has 3 aliphatic heterocycles. The van der Waals surface area contributed by atoms with Gasteiger partial charge < -0.3 is 14.7 Å². The molecule has 30 heavy (non-hydrogen) atoms. The van der Waals surface area contributed by atoms with Gasteiger partial charge in [0.25, 0.3) is 0 Å². The van der Waals surface area contributed by atoms with Crippen LogP contribution in [0.15, 0.2) is 11.1 Å². The second-order valence-corrected chi connectivity index (χ2v) is 10.6. The summed E-state index contributed by atoms with van der Waals surface area (Å²) in [6.07, 6.45) is 6.40. The van der Waals surface area contributed by atoms with Crippen molar-refractivity contribution >= 4 is 27.6 Å². The third-order valence-corrected chi connectivity index (χ3v) is 7.56. The zero-order valence-electron chi connectivity index (χ0n) is 17.6. The van der Waals surface area contributed by atoms with Crippen LogP contribution in [0, 0.1) is 5.92 Å². The predicted octanol–water partition coefficient (Wildman–Crippen LogP) is 0.665. The number of likely N-dealkylation sites (tertiary alicyclic amines) is 2. The van der Waals surface area contributed by atoms with Crippen molar-refractivity contribution < 1.29 is 18.0 Å². The van der Waals surface area contributed by atoms with Crippen LogP contribution in [0.3, 0.4) is 0 Å². The van der Waals surface area contributed by atoms with Crippen LogP contribution in [0.5, 0.6) is 0 Å². The number of rotatable bonds is 4. The quantitative estimate of drug-likeness (QED) is 0.684. The van der Waals surface area contributed by atoms with Gasteiger partial charge in [0.1, 0.15) is 4.90 Å². The monoisotopic (exact) mass is 435 g/mol. The van der Waals surface area contributed by atoms with Crippen molar-refractivity contribution in [2.75, 3.05) is 50.9 Å². The summed E-state index contributed by atoms with van der Waals surface area (Å²) in [6.45, 7) is 3.34. The molecule has 0 radical (unpaired) electrons. The molecule has 9 nitrogen and oxygen atoms in total. The first kappa shape index (κ1) is 21.0. The second kappa shape index (κ2) is 8.13. The van der Waals surface area contributed by atoms with Gasteiger partial charge in [0, 0.05) is 58.4 Å². The maximum absolute atomic E-state index is 12.8. The molecule has 0 aromatic carbocycles. The Labute approximate surface area is 177 Å². The number of carbonyl (C=O) groups excluding carboxylic acids is 2. The van der Waals surface area contributed by atoms with E-state index in [9.17, 15) is 18.0 Å². The maximum Gasteiger partial charge on any atom is 0.227 e. The molecule has 3 saturated heterocycles. The van der Waals surface area contributed by atoms with E-state index in [0.29, 0.717) is 44.1 Å². The van der Waals surface area contributed by atoms with E-state index in [1.165, 1.54) is 12.5 Å². The highest BCUT2D eigenvalue weighted by Gasteiger charge is 2.37. The number of sulfone groups is 1. The van der Waals surface area contributed by atoms with Crippen LogP contribution < -0.4 is 4.90 Å². The first-order valence-electron chi connectivity index (χ1n) is 10.6. The minimum absolute atomic E-state index is 0.0106. The Morgan fingerprint density at radius 1 is 1.13 bits per heavy atom. The highest BCUT2D eigenvalue weighted by atomic mass is 32.2. The summed E-state index contributed by atoms with van der Waals surface area (Å²) in [4.78, 5) is 39.3. The second-order valence-electron chi connectivity index (χ2n) is 8.66. The van der Waals surface area contributed by atoms with E-state index in [-0.39, 0.29) is 35.0 Å². The number of carbonyl (C=O) groups is 2. The lowest BCUT2D eigenvalue weighted by Gasteiger charge is -2.34. The molecule has 1 atom stereocenters. The van der Waals surface area contributed by atoms with E-state index in [2.05, 4.69) is 9.88 Å². The molecule has 1 aromatic heterocycles. The number of hydrogen-bond acceptors (Lipinski definition) is 7. The topological polar surface area (TPSA) is 104 Å². The van der Waals surface area contributed by atoms with E-state index in [1.807, 2.05) is 4.90 Å². The Morgan fingerprint density at radius 3 is 2.37 bits per heavy atom. The molecular formula is C20H29N5O4S. The number of amides is 2. The van der Waals surface area contributed by atoms with Crippen molar-refractivity contribution in [1.82, 2.24) is 19.8 Å². The fourth-order valence-corrected chi connectivity index (χ4v) is 5.52. The minimum atomic E-state index is -3.45. The molecule has 0 bridgehead atoms. The first-order valence-corrected chi connectivity index (χ1v) is 12.5. The molecule has 164 valence electrons. The Morgan fingerprint density at radius 2 is 1.80 bits per heavy atom. The fraction of sp³-hybridized carbons (Fsp3) is 0.700. The number of piperidine rings is 1. The lowest BCUT2D eigenvalue weighted by molar-refractivity contribution is -0.136. The summed E-state index contributed by atoms with van der Waals surface area (Å²) in [7, 11) is -1.72. The summed E-state index contributed by atoms with van der Waals surface area (Å²) < 4.78 is 24.7. The Kier molecular flexibility index (Phi) is 5.69. The Hall–Kier alpha value is -2.23. The maximum atomic E-state index is 12.8. The van der Waals surface area contributed by atoms with Crippen molar-refractivity contribution in [2.45, 2.75) is 42.9 Å². The predicted molar refractivity (Wildman–Crippen MR) is 111 cm³/mol. The van der Waals surface area contributed by atoms with E-state index in [4.69, 9.17) is 4.98 Å². The molecule has 0 unspecified atom stereocenters. The van der Waals surface area contributed by atoms with E-state index >= 15 is 0 Å². The third-order valence-electron chi connectivity index (χ3n) is 6.44. The number of nitrogens with zero attached hydrogens (tertiary/aromatic N) is 5. The highest BCUT2D eigenvalue weighted by molar-refractivity contribution is 7.90. The van der Waals surface area contributed by atoms with Gasteiger partial charge in [-0.05, 0) is 25.7 Å². The summed E-state index contributed by atoms with van der Waals surface area (Å²) in [6, 6.07) is 0. The van der Waals surface area contributed by atoms with Crippen molar-refractivity contribution in [3.05, 3.63) is 11.9 Å². The van der Waals surface area contributed by atoms with Crippen LogP contribution >= 0.6 is 0 Å². The molecule has 4 heterocycles. The molecule has 0 saturated carbocycles. The Bertz CT molecular complexity index is 937. The lowest BCUT2D eigenvalue weighted by Crippen LogP contribution is -2.42. The van der Waals surface area contributed by atoms with Crippen molar-refractivity contribution in [1.29, 1.82) is 0 Å². The third kappa shape index (κ3) is 4.14. The van der Waals surface area contributed by atoms with Crippen LogP contribution in [0.1, 0.15) is 43.7 Å². The SMILES string of the molecule is CN1C[C@@H](C(=O)N2CCC(c3nc(N4CCCC4)ncc3S(C)(=O)=O)CC2)CC1=O. The molecule has 4 rings (SSSR count). The van der Waals surface area contributed by atoms with Crippen LogP contribution in [-0.2, 0) is 19.4 Å². The number of aromatic nitrogens is 2. The average molecular weight is 436 g/mol. The van der Waals surface area contributed by atoms with Crippen molar-refractivity contribution in [2.24, 2.45) is 5.92 Å². The average Bonchev–Trinajstić information content (AvgIpc) is 3.37. The molecule has 3 fully saturated rings. The van der Waals surface area contributed by atoms with Crippen LogP contribution in [0.4, 0.5) is 5.95 Å². The van der Waals surface area contributed by atoms with Gasteiger partial charge in [-0.3, -0.25) is 9.59 Å². The highest BCUT2D eigenvalue weighted by Crippen LogP contribution is 2.33. The van der Waals surface area contributed by atoms with Gasteiger partial charge >= 0.3 is 0 Å². The van der Waals surface area contributed by atoms with Gasteiger partial charge in [0.15, 0.2) is 9.84 Å². The molecule has 2 amide bonds. The van der Waals surface area contributed by atoms with Crippen molar-refractivity contribution in [3.8, 4) is 0 Å². The standard InChI is InChI=1S/C20H29N5O4S/c1-23-13-15(11-17(23)26)19(27)24-9-5-14(6-10-24)18-16(30(2,28)29)12-21-20(22-18)25-7-3-4-8-25/h12,14-15H,3-11,13H2,1-2H3/t15-/m0/s1. The smallest absolute Gasteiger partial charge is 0.227 e. The molecule has 0 aliphatic carbocycles. The van der Waals surface area contributed by atoms with E-state index in [1.54, 1.807) is 11.9 Å². The largest absolute Gasteiger partial charge is 0.345 e. The van der Waals surface area contributed by atoms with E-state index < -0.39 is 9.84 Å². The van der Waals surface area contributed by atoms with E-state index in [0.717, 1.165) is 25.9 Å². The van der Waals surface area contributed by atoms with Crippen LogP contribution in [0.2, 0.25) is 0 Å². The lowest BCUT2D eigenvalue weighted by atomic mass is 9.92. The summed E-state index contributed by atoms with van der Waals surface area (Å²) in [5.74, 6) is 0.328. The minimum Gasteiger partial charge on any atom is -0.345 e. The molecule has 0 N–H and O–H groups in total. The summed E-state index contributed by atoms with van der Waals surface area (Å²) in [5.41, 5.74) is 0.581. The van der Waals surface area contributed by atoms with Gasteiger partial charge in [-0.25, -0.2) is 18.4 Å². The van der Waals surface area contributed by atoms with Gasteiger partial charge in [-0.15, -0.1) is 0 Å². The first-order chi connectivity index (χ1) is 14.2. The van der Waals surface area contributed by atoms with Crippen molar-refractivity contribution in [3.63, 3.8) is 0 Å². The Balaban J connectivity index is 1.50. The molecule has 10 heteroatoms.